The fourth-order valence-corrected chi connectivity index (χ4v) is 4.23. The highest BCUT2D eigenvalue weighted by Gasteiger charge is 2.20. The quantitative estimate of drug-likeness (QED) is 0.797. The minimum absolute atomic E-state index is 1.08. The second-order valence-corrected chi connectivity index (χ2v) is 8.02. The van der Waals surface area contributed by atoms with Gasteiger partial charge in [0.05, 0.1) is 0 Å². The van der Waals surface area contributed by atoms with Crippen molar-refractivity contribution < 1.29 is 0 Å². The number of fused-ring (bicyclic) bond motifs is 1. The van der Waals surface area contributed by atoms with Gasteiger partial charge >= 0.3 is 0 Å². The van der Waals surface area contributed by atoms with Crippen molar-refractivity contribution in [3.8, 4) is 11.1 Å². The highest BCUT2D eigenvalue weighted by atomic mass is 15.3. The van der Waals surface area contributed by atoms with Gasteiger partial charge in [-0.3, -0.25) is 0 Å². The van der Waals surface area contributed by atoms with Gasteiger partial charge in [0, 0.05) is 31.9 Å². The van der Waals surface area contributed by atoms with E-state index in [0.717, 1.165) is 32.6 Å². The molecule has 0 atom stereocenters. The number of benzene rings is 1. The Kier molecular flexibility index (Phi) is 5.26. The summed E-state index contributed by atoms with van der Waals surface area (Å²) in [7, 11) is 2.21. The molecule has 1 saturated heterocycles. The van der Waals surface area contributed by atoms with Crippen molar-refractivity contribution in [1.29, 1.82) is 0 Å². The molecule has 3 nitrogen and oxygen atoms in total. The van der Waals surface area contributed by atoms with Crippen LogP contribution in [-0.2, 0) is 12.8 Å². The summed E-state index contributed by atoms with van der Waals surface area (Å²) in [6, 6.07) is 11.4. The average molecular weight is 350 g/mol. The molecule has 0 amide bonds. The Morgan fingerprint density at radius 3 is 2.27 bits per heavy atom. The highest BCUT2D eigenvalue weighted by molar-refractivity contribution is 5.72. The normalized spacial score (nSPS) is 18.9. The Morgan fingerprint density at radius 2 is 1.54 bits per heavy atom. The fourth-order valence-electron chi connectivity index (χ4n) is 4.23. The van der Waals surface area contributed by atoms with Crippen LogP contribution in [0.2, 0.25) is 0 Å². The van der Waals surface area contributed by atoms with Gasteiger partial charge in [0.25, 0.3) is 0 Å². The van der Waals surface area contributed by atoms with Crippen LogP contribution in [0.15, 0.2) is 30.3 Å². The Hall–Kier alpha value is -1.87. The Balaban J connectivity index is 1.77. The lowest BCUT2D eigenvalue weighted by atomic mass is 9.90. The van der Waals surface area contributed by atoms with Gasteiger partial charge in [0.15, 0.2) is 0 Å². The van der Waals surface area contributed by atoms with Gasteiger partial charge < -0.3 is 9.80 Å². The summed E-state index contributed by atoms with van der Waals surface area (Å²) in [5.74, 6) is 1.19. The van der Waals surface area contributed by atoms with Gasteiger partial charge in [-0.05, 0) is 62.4 Å². The van der Waals surface area contributed by atoms with Crippen LogP contribution < -0.4 is 4.90 Å². The minimum Gasteiger partial charge on any atom is -0.354 e. The van der Waals surface area contributed by atoms with E-state index in [1.165, 1.54) is 65.9 Å². The van der Waals surface area contributed by atoms with Crippen molar-refractivity contribution >= 4 is 5.82 Å². The summed E-state index contributed by atoms with van der Waals surface area (Å²) in [6.45, 7) is 6.57. The molecule has 4 rings (SSSR count). The molecule has 1 aliphatic carbocycles. The molecular weight excluding hydrogens is 318 g/mol. The summed E-state index contributed by atoms with van der Waals surface area (Å²) >= 11 is 0. The number of hydrogen-bond acceptors (Lipinski definition) is 3. The first-order chi connectivity index (χ1) is 12.7. The third-order valence-corrected chi connectivity index (χ3v) is 5.98. The predicted molar refractivity (Wildman–Crippen MR) is 110 cm³/mol. The van der Waals surface area contributed by atoms with Crippen LogP contribution in [0.4, 0.5) is 5.82 Å². The standard InChI is InChI=1S/C23H31N3/c1-18-9-11-19(12-10-18)21-17-23(26-15-13-25(2)14-16-26)24-22-8-6-4-3-5-7-20(21)22/h9-12,17H,3-8,13-16H2,1-2H3. The zero-order valence-electron chi connectivity index (χ0n) is 16.3. The van der Waals surface area contributed by atoms with Crippen molar-refractivity contribution in [3.63, 3.8) is 0 Å². The molecule has 0 unspecified atom stereocenters. The molecule has 1 aromatic heterocycles. The van der Waals surface area contributed by atoms with Crippen molar-refractivity contribution in [1.82, 2.24) is 9.88 Å². The minimum atomic E-state index is 1.08. The maximum atomic E-state index is 5.17. The Morgan fingerprint density at radius 1 is 0.846 bits per heavy atom. The Labute approximate surface area is 158 Å². The molecule has 0 saturated carbocycles. The summed E-state index contributed by atoms with van der Waals surface area (Å²) in [6.07, 6.45) is 7.58. The third kappa shape index (κ3) is 3.78. The first kappa shape index (κ1) is 17.5. The first-order valence-corrected chi connectivity index (χ1v) is 10.2. The molecule has 3 heteroatoms. The van der Waals surface area contributed by atoms with Gasteiger partial charge in [-0.25, -0.2) is 4.98 Å². The van der Waals surface area contributed by atoms with Crippen molar-refractivity contribution in [3.05, 3.63) is 47.2 Å². The number of hydrogen-bond donors (Lipinski definition) is 0. The lowest BCUT2D eigenvalue weighted by Crippen LogP contribution is -2.45. The number of piperazine rings is 1. The molecule has 0 spiro atoms. The maximum Gasteiger partial charge on any atom is 0.129 e. The van der Waals surface area contributed by atoms with Crippen LogP contribution in [0.1, 0.15) is 42.5 Å². The SMILES string of the molecule is Cc1ccc(-c2cc(N3CCN(C)CC3)nc3c2CCCCCC3)cc1. The number of likely N-dealkylation sites (N-methyl/N-ethyl adjacent to an activating group) is 1. The number of aryl methyl sites for hydroxylation is 2. The van der Waals surface area contributed by atoms with Gasteiger partial charge in [0.1, 0.15) is 5.82 Å². The topological polar surface area (TPSA) is 19.4 Å². The Bertz CT molecular complexity index is 743. The van der Waals surface area contributed by atoms with E-state index in [1.807, 2.05) is 0 Å². The molecule has 2 aromatic rings. The lowest BCUT2D eigenvalue weighted by molar-refractivity contribution is 0.312. The van der Waals surface area contributed by atoms with E-state index < -0.39 is 0 Å². The molecule has 1 aromatic carbocycles. The van der Waals surface area contributed by atoms with E-state index >= 15 is 0 Å². The lowest BCUT2D eigenvalue weighted by Gasteiger charge is -2.34. The van der Waals surface area contributed by atoms with E-state index in [9.17, 15) is 0 Å². The van der Waals surface area contributed by atoms with Crippen LogP contribution in [-0.4, -0.2) is 43.1 Å². The number of aromatic nitrogens is 1. The molecule has 0 bridgehead atoms. The van der Waals surface area contributed by atoms with Crippen LogP contribution in [0.3, 0.4) is 0 Å². The highest BCUT2D eigenvalue weighted by Crippen LogP contribution is 2.33. The average Bonchev–Trinajstić information content (AvgIpc) is 2.63. The van der Waals surface area contributed by atoms with E-state index in [1.54, 1.807) is 0 Å². The predicted octanol–water partition coefficient (Wildman–Crippen LogP) is 4.47. The second-order valence-electron chi connectivity index (χ2n) is 8.02. The van der Waals surface area contributed by atoms with Gasteiger partial charge in [0.2, 0.25) is 0 Å². The maximum absolute atomic E-state index is 5.17. The van der Waals surface area contributed by atoms with Crippen molar-refractivity contribution in [2.24, 2.45) is 0 Å². The number of pyridine rings is 1. The van der Waals surface area contributed by atoms with E-state index in [0.29, 0.717) is 0 Å². The zero-order valence-corrected chi connectivity index (χ0v) is 16.3. The molecule has 2 aliphatic rings. The smallest absolute Gasteiger partial charge is 0.129 e. The molecule has 138 valence electrons. The molecule has 1 fully saturated rings. The van der Waals surface area contributed by atoms with E-state index in [-0.39, 0.29) is 0 Å². The molecule has 1 aliphatic heterocycles. The molecule has 0 radical (unpaired) electrons. The molecule has 0 N–H and O–H groups in total. The van der Waals surface area contributed by atoms with Crippen LogP contribution in [0.5, 0.6) is 0 Å². The number of nitrogens with zero attached hydrogens (tertiary/aromatic N) is 3. The molecule has 26 heavy (non-hydrogen) atoms. The molecular formula is C23H31N3. The van der Waals surface area contributed by atoms with Crippen molar-refractivity contribution in [2.45, 2.75) is 45.4 Å². The summed E-state index contributed by atoms with van der Waals surface area (Å²) in [5, 5.41) is 0. The van der Waals surface area contributed by atoms with Crippen LogP contribution >= 0.6 is 0 Å². The fraction of sp³-hybridized carbons (Fsp3) is 0.522. The second kappa shape index (κ2) is 7.79. The van der Waals surface area contributed by atoms with E-state index in [4.69, 9.17) is 4.98 Å². The van der Waals surface area contributed by atoms with E-state index in [2.05, 4.69) is 54.1 Å². The molecule has 2 heterocycles. The van der Waals surface area contributed by atoms with Gasteiger partial charge in [-0.15, -0.1) is 0 Å². The first-order valence-electron chi connectivity index (χ1n) is 10.2. The largest absolute Gasteiger partial charge is 0.354 e. The monoisotopic (exact) mass is 349 g/mol. The van der Waals surface area contributed by atoms with Gasteiger partial charge in [-0.1, -0.05) is 42.7 Å². The number of anilines is 1. The van der Waals surface area contributed by atoms with Crippen LogP contribution in [0.25, 0.3) is 11.1 Å². The number of rotatable bonds is 2. The third-order valence-electron chi connectivity index (χ3n) is 5.98. The zero-order chi connectivity index (χ0) is 17.9. The summed E-state index contributed by atoms with van der Waals surface area (Å²) < 4.78 is 0. The van der Waals surface area contributed by atoms with Crippen LogP contribution in [0, 0.1) is 6.92 Å². The van der Waals surface area contributed by atoms with Crippen molar-refractivity contribution in [2.75, 3.05) is 38.1 Å². The summed E-state index contributed by atoms with van der Waals surface area (Å²) in [5.41, 5.74) is 6.96. The van der Waals surface area contributed by atoms with Gasteiger partial charge in [-0.2, -0.15) is 0 Å². The summed E-state index contributed by atoms with van der Waals surface area (Å²) in [4.78, 5) is 10.1.